The summed E-state index contributed by atoms with van der Waals surface area (Å²) in [5, 5.41) is 12.6. The monoisotopic (exact) mass is 247 g/mol. The molecule has 2 nitrogen and oxygen atoms in total. The van der Waals surface area contributed by atoms with Crippen molar-refractivity contribution in [2.24, 2.45) is 11.8 Å². The largest absolute Gasteiger partial charge is 0.392 e. The van der Waals surface area contributed by atoms with Gasteiger partial charge < -0.3 is 10.4 Å². The van der Waals surface area contributed by atoms with Crippen LogP contribution >= 0.6 is 0 Å². The van der Waals surface area contributed by atoms with E-state index in [2.05, 4.69) is 31.3 Å². The molecule has 0 spiro atoms. The number of aliphatic hydroxyl groups excluding tert-OH is 1. The van der Waals surface area contributed by atoms with Crippen molar-refractivity contribution in [1.29, 1.82) is 0 Å². The third-order valence-corrected chi connectivity index (χ3v) is 4.22. The summed E-state index contributed by atoms with van der Waals surface area (Å²) in [6.07, 6.45) is 5.27. The Morgan fingerprint density at radius 1 is 1.11 bits per heavy atom. The van der Waals surface area contributed by atoms with Gasteiger partial charge in [0.1, 0.15) is 0 Å². The molecular formula is C16H25NO. The number of hydrogen-bond donors (Lipinski definition) is 2. The molecule has 1 aromatic carbocycles. The normalized spacial score (nSPS) is 24.2. The predicted octanol–water partition coefficient (Wildman–Crippen LogP) is 3.81. The van der Waals surface area contributed by atoms with Crippen molar-refractivity contribution >= 4 is 5.69 Å². The maximum Gasteiger partial charge on any atom is 0.0681 e. The molecule has 0 radical (unpaired) electrons. The zero-order valence-electron chi connectivity index (χ0n) is 11.5. The average molecular weight is 247 g/mol. The second-order valence-electron chi connectivity index (χ2n) is 5.86. The second-order valence-corrected chi connectivity index (χ2v) is 5.86. The summed E-state index contributed by atoms with van der Waals surface area (Å²) in [7, 11) is 0. The molecule has 2 N–H and O–H groups in total. The predicted molar refractivity (Wildman–Crippen MR) is 76.6 cm³/mol. The Hall–Kier alpha value is -1.02. The smallest absolute Gasteiger partial charge is 0.0681 e. The van der Waals surface area contributed by atoms with Crippen LogP contribution in [0.15, 0.2) is 24.3 Å². The number of benzene rings is 1. The Balaban J connectivity index is 1.83. The van der Waals surface area contributed by atoms with Crippen LogP contribution in [-0.2, 0) is 6.61 Å². The van der Waals surface area contributed by atoms with E-state index in [9.17, 15) is 0 Å². The Labute approximate surface area is 110 Å². The first-order chi connectivity index (χ1) is 8.69. The number of nitrogens with one attached hydrogen (secondary N) is 1. The summed E-state index contributed by atoms with van der Waals surface area (Å²) in [4.78, 5) is 0. The van der Waals surface area contributed by atoms with Crippen molar-refractivity contribution in [3.05, 3.63) is 29.8 Å². The van der Waals surface area contributed by atoms with Gasteiger partial charge in [-0.05, 0) is 55.2 Å². The lowest BCUT2D eigenvalue weighted by atomic mass is 9.79. The minimum atomic E-state index is 0.125. The van der Waals surface area contributed by atoms with Gasteiger partial charge in [-0.25, -0.2) is 0 Å². The van der Waals surface area contributed by atoms with Crippen LogP contribution in [0.25, 0.3) is 0 Å². The van der Waals surface area contributed by atoms with Crippen molar-refractivity contribution in [2.45, 2.75) is 52.2 Å². The zero-order chi connectivity index (χ0) is 13.0. The van der Waals surface area contributed by atoms with Crippen molar-refractivity contribution in [3.8, 4) is 0 Å². The molecule has 0 saturated heterocycles. The lowest BCUT2D eigenvalue weighted by Gasteiger charge is -2.31. The van der Waals surface area contributed by atoms with Crippen molar-refractivity contribution in [2.75, 3.05) is 5.32 Å². The van der Waals surface area contributed by atoms with Gasteiger partial charge in [0.2, 0.25) is 0 Å². The van der Waals surface area contributed by atoms with Crippen molar-refractivity contribution in [1.82, 2.24) is 0 Å². The Bertz CT molecular complexity index is 350. The molecule has 0 aliphatic heterocycles. The maximum absolute atomic E-state index is 9.01. The molecule has 1 aromatic rings. The minimum absolute atomic E-state index is 0.125. The van der Waals surface area contributed by atoms with E-state index >= 15 is 0 Å². The van der Waals surface area contributed by atoms with E-state index in [4.69, 9.17) is 5.11 Å². The zero-order valence-corrected chi connectivity index (χ0v) is 11.5. The molecular weight excluding hydrogens is 222 g/mol. The molecule has 1 aliphatic carbocycles. The van der Waals surface area contributed by atoms with Gasteiger partial charge in [0.15, 0.2) is 0 Å². The molecule has 100 valence electrons. The van der Waals surface area contributed by atoms with E-state index < -0.39 is 0 Å². The summed E-state index contributed by atoms with van der Waals surface area (Å²) >= 11 is 0. The van der Waals surface area contributed by atoms with E-state index in [1.807, 2.05) is 12.1 Å². The van der Waals surface area contributed by atoms with Gasteiger partial charge in [0, 0.05) is 11.7 Å². The highest BCUT2D eigenvalue weighted by atomic mass is 16.3. The van der Waals surface area contributed by atoms with Crippen LogP contribution in [0.5, 0.6) is 0 Å². The van der Waals surface area contributed by atoms with Crippen molar-refractivity contribution in [3.63, 3.8) is 0 Å². The number of rotatable bonds is 4. The van der Waals surface area contributed by atoms with Crippen LogP contribution in [0.1, 0.15) is 45.1 Å². The molecule has 0 heterocycles. The first-order valence-electron chi connectivity index (χ1n) is 7.15. The molecule has 2 heteroatoms. The molecule has 1 saturated carbocycles. The summed E-state index contributed by atoms with van der Waals surface area (Å²) in [5.74, 6) is 1.75. The van der Waals surface area contributed by atoms with E-state index in [1.54, 1.807) is 0 Å². The summed E-state index contributed by atoms with van der Waals surface area (Å²) in [6, 6.07) is 8.74. The summed E-state index contributed by atoms with van der Waals surface area (Å²) < 4.78 is 0. The molecule has 1 aliphatic rings. The van der Waals surface area contributed by atoms with Crippen LogP contribution in [0.4, 0.5) is 5.69 Å². The summed E-state index contributed by atoms with van der Waals surface area (Å²) in [6.45, 7) is 4.80. The van der Waals surface area contributed by atoms with Crippen molar-refractivity contribution < 1.29 is 5.11 Å². The number of anilines is 1. The molecule has 18 heavy (non-hydrogen) atoms. The second kappa shape index (κ2) is 6.24. The minimum Gasteiger partial charge on any atom is -0.392 e. The van der Waals surface area contributed by atoms with Crippen LogP contribution < -0.4 is 5.32 Å². The van der Waals surface area contributed by atoms with Crippen LogP contribution in [0, 0.1) is 11.8 Å². The Morgan fingerprint density at radius 2 is 1.72 bits per heavy atom. The van der Waals surface area contributed by atoms with Gasteiger partial charge in [-0.2, -0.15) is 0 Å². The van der Waals surface area contributed by atoms with Gasteiger partial charge in [-0.1, -0.05) is 26.0 Å². The van der Waals surface area contributed by atoms with E-state index in [0.717, 1.165) is 17.4 Å². The van der Waals surface area contributed by atoms with Gasteiger partial charge in [-0.3, -0.25) is 0 Å². The number of aliphatic hydroxyl groups is 1. The highest BCUT2D eigenvalue weighted by Gasteiger charge is 2.22. The SMILES string of the molecule is CC(C)C1CCC(Nc2ccc(CO)cc2)CC1. The van der Waals surface area contributed by atoms with Crippen LogP contribution in [-0.4, -0.2) is 11.1 Å². The van der Waals surface area contributed by atoms with E-state index in [0.29, 0.717) is 6.04 Å². The van der Waals surface area contributed by atoms with Gasteiger partial charge >= 0.3 is 0 Å². The van der Waals surface area contributed by atoms with E-state index in [-0.39, 0.29) is 6.61 Å². The quantitative estimate of drug-likeness (QED) is 0.848. The molecule has 2 rings (SSSR count). The fraction of sp³-hybridized carbons (Fsp3) is 0.625. The topological polar surface area (TPSA) is 32.3 Å². The lowest BCUT2D eigenvalue weighted by Crippen LogP contribution is -2.27. The first kappa shape index (κ1) is 13.4. The van der Waals surface area contributed by atoms with Gasteiger partial charge in [0.05, 0.1) is 6.61 Å². The molecule has 0 atom stereocenters. The molecule has 0 bridgehead atoms. The molecule has 0 unspecified atom stereocenters. The lowest BCUT2D eigenvalue weighted by molar-refractivity contribution is 0.267. The van der Waals surface area contributed by atoms with Gasteiger partial charge in [0.25, 0.3) is 0 Å². The van der Waals surface area contributed by atoms with E-state index in [1.165, 1.54) is 31.4 Å². The Morgan fingerprint density at radius 3 is 2.22 bits per heavy atom. The highest BCUT2D eigenvalue weighted by molar-refractivity contribution is 5.45. The molecule has 1 fully saturated rings. The molecule has 0 aromatic heterocycles. The third-order valence-electron chi connectivity index (χ3n) is 4.22. The van der Waals surface area contributed by atoms with Gasteiger partial charge in [-0.15, -0.1) is 0 Å². The fourth-order valence-electron chi connectivity index (χ4n) is 2.87. The number of hydrogen-bond acceptors (Lipinski definition) is 2. The Kier molecular flexibility index (Phi) is 4.65. The van der Waals surface area contributed by atoms with Crippen LogP contribution in [0.3, 0.4) is 0 Å². The maximum atomic E-state index is 9.01. The standard InChI is InChI=1S/C16H25NO/c1-12(2)14-5-9-16(10-6-14)17-15-7-3-13(11-18)4-8-15/h3-4,7-8,12,14,16-18H,5-6,9-11H2,1-2H3. The highest BCUT2D eigenvalue weighted by Crippen LogP contribution is 2.31. The van der Waals surface area contributed by atoms with Crippen LogP contribution in [0.2, 0.25) is 0 Å². The fourth-order valence-corrected chi connectivity index (χ4v) is 2.87. The average Bonchev–Trinajstić information content (AvgIpc) is 2.40. The first-order valence-corrected chi connectivity index (χ1v) is 7.15. The third kappa shape index (κ3) is 3.49. The summed E-state index contributed by atoms with van der Waals surface area (Å²) in [5.41, 5.74) is 2.16. The molecule has 0 amide bonds.